The molecule has 3 heterocycles. The Labute approximate surface area is 230 Å². The zero-order valence-electron chi connectivity index (χ0n) is 21.5. The minimum Gasteiger partial charge on any atom is -0.368 e. The van der Waals surface area contributed by atoms with Crippen molar-refractivity contribution >= 4 is 33.1 Å². The monoisotopic (exact) mass is 561 g/mol. The molecule has 0 radical (unpaired) electrons. The van der Waals surface area contributed by atoms with Crippen LogP contribution < -0.4 is 5.32 Å². The first-order chi connectivity index (χ1) is 19.3. The van der Waals surface area contributed by atoms with Crippen LogP contribution in [0.2, 0.25) is 0 Å². The first-order valence-corrected chi connectivity index (χ1v) is 14.4. The lowest BCUT2D eigenvalue weighted by Gasteiger charge is -2.28. The minimum atomic E-state index is -4.14. The minimum absolute atomic E-state index is 0.00213. The van der Waals surface area contributed by atoms with Crippen molar-refractivity contribution in [3.63, 3.8) is 0 Å². The van der Waals surface area contributed by atoms with Crippen LogP contribution in [0.3, 0.4) is 0 Å². The predicted octanol–water partition coefficient (Wildman–Crippen LogP) is 3.16. The maximum atomic E-state index is 13.9. The van der Waals surface area contributed by atoms with Crippen LogP contribution >= 0.6 is 0 Å². The fourth-order valence-electron chi connectivity index (χ4n) is 4.87. The standard InChI is InChI=1S/C27H27N7O5S/c35-27(20-7-8-20)31-12-10-28-25-9-11-33-26(30-25)24(17-29-33)21-4-1-3-19(15-21)18-32(14-13-31)40(38,39)23-6-2-5-22(16-23)34(36)37/h1-6,9,11,15-17,20H,7-8,10,12-14,18H2,(H,28,30). The van der Waals surface area contributed by atoms with Crippen molar-refractivity contribution in [1.29, 1.82) is 0 Å². The summed E-state index contributed by atoms with van der Waals surface area (Å²) in [4.78, 5) is 30.1. The molecule has 12 nitrogen and oxygen atoms in total. The maximum absolute atomic E-state index is 13.9. The number of non-ortho nitro benzene ring substituents is 1. The lowest BCUT2D eigenvalue weighted by Crippen LogP contribution is -2.43. The van der Waals surface area contributed by atoms with Gasteiger partial charge in [-0.15, -0.1) is 0 Å². The highest BCUT2D eigenvalue weighted by atomic mass is 32.2. The van der Waals surface area contributed by atoms with Gasteiger partial charge in [-0.1, -0.05) is 24.3 Å². The van der Waals surface area contributed by atoms with Gasteiger partial charge < -0.3 is 10.2 Å². The van der Waals surface area contributed by atoms with Gasteiger partial charge in [0.05, 0.1) is 16.0 Å². The second kappa shape index (κ2) is 10.3. The van der Waals surface area contributed by atoms with Gasteiger partial charge in [0.1, 0.15) is 5.82 Å². The number of amides is 1. The van der Waals surface area contributed by atoms with Crippen LogP contribution in [-0.2, 0) is 21.4 Å². The zero-order valence-corrected chi connectivity index (χ0v) is 22.3. The summed E-state index contributed by atoms with van der Waals surface area (Å²) in [6, 6.07) is 14.3. The van der Waals surface area contributed by atoms with Gasteiger partial charge in [0.2, 0.25) is 15.9 Å². The zero-order chi connectivity index (χ0) is 27.9. The van der Waals surface area contributed by atoms with Gasteiger partial charge in [-0.2, -0.15) is 9.40 Å². The second-order valence-corrected chi connectivity index (χ2v) is 11.9. The van der Waals surface area contributed by atoms with E-state index in [-0.39, 0.29) is 42.0 Å². The number of nitrogens with zero attached hydrogens (tertiary/aromatic N) is 6. The van der Waals surface area contributed by atoms with Gasteiger partial charge >= 0.3 is 0 Å². The number of aromatic nitrogens is 3. The topological polar surface area (TPSA) is 143 Å². The Hall–Kier alpha value is -4.36. The molecule has 0 saturated heterocycles. The van der Waals surface area contributed by atoms with Crippen LogP contribution in [0.15, 0.2) is 71.9 Å². The van der Waals surface area contributed by atoms with Gasteiger partial charge in [0.15, 0.2) is 5.65 Å². The Bertz CT molecular complexity index is 1720. The van der Waals surface area contributed by atoms with E-state index < -0.39 is 14.9 Å². The van der Waals surface area contributed by atoms with Gasteiger partial charge in [-0.05, 0) is 42.2 Å². The quantitative estimate of drug-likeness (QED) is 0.296. The van der Waals surface area contributed by atoms with Crippen molar-refractivity contribution in [2.45, 2.75) is 24.3 Å². The van der Waals surface area contributed by atoms with Crippen LogP contribution in [0.1, 0.15) is 18.4 Å². The number of hydrogen-bond acceptors (Lipinski definition) is 8. The van der Waals surface area contributed by atoms with E-state index in [4.69, 9.17) is 4.98 Å². The number of carbonyl (C=O) groups is 1. The number of anilines is 1. The highest BCUT2D eigenvalue weighted by molar-refractivity contribution is 7.89. The second-order valence-electron chi connectivity index (χ2n) is 9.96. The molecular weight excluding hydrogens is 534 g/mol. The van der Waals surface area contributed by atoms with Crippen LogP contribution in [0.4, 0.5) is 11.5 Å². The molecule has 2 aliphatic rings. The molecule has 13 heteroatoms. The van der Waals surface area contributed by atoms with Crippen LogP contribution in [0.25, 0.3) is 16.8 Å². The van der Waals surface area contributed by atoms with E-state index in [0.29, 0.717) is 24.6 Å². The molecule has 1 aliphatic heterocycles. The third kappa shape index (κ3) is 5.12. The summed E-state index contributed by atoms with van der Waals surface area (Å²) in [6.07, 6.45) is 5.19. The molecule has 1 N–H and O–H groups in total. The first kappa shape index (κ1) is 25.9. The van der Waals surface area contributed by atoms with Crippen molar-refractivity contribution in [3.05, 3.63) is 82.7 Å². The van der Waals surface area contributed by atoms with Crippen molar-refractivity contribution in [1.82, 2.24) is 23.8 Å². The number of rotatable bonds is 4. The number of sulfonamides is 1. The van der Waals surface area contributed by atoms with Crippen LogP contribution in [-0.4, -0.2) is 69.2 Å². The molecule has 2 aromatic carbocycles. The summed E-state index contributed by atoms with van der Waals surface area (Å²) in [5.41, 5.74) is 2.67. The van der Waals surface area contributed by atoms with Crippen molar-refractivity contribution in [3.8, 4) is 11.1 Å². The number of fused-ring (bicyclic) bond motifs is 4. The Morgan fingerprint density at radius 3 is 2.67 bits per heavy atom. The number of carbonyl (C=O) groups excluding carboxylic acids is 1. The largest absolute Gasteiger partial charge is 0.368 e. The molecule has 0 atom stereocenters. The van der Waals surface area contributed by atoms with Gasteiger partial charge in [0.25, 0.3) is 5.69 Å². The van der Waals surface area contributed by atoms with E-state index >= 15 is 0 Å². The van der Waals surface area contributed by atoms with Crippen LogP contribution in [0, 0.1) is 16.0 Å². The molecule has 1 fully saturated rings. The van der Waals surface area contributed by atoms with Crippen molar-refractivity contribution in [2.24, 2.45) is 5.92 Å². The SMILES string of the molecule is O=C(C1CC1)N1CCNc2ccn3ncc(c3n2)-c2cccc(c2)CN(S(=O)(=O)c2cccc([N+](=O)[O-])c2)CC1. The molecule has 1 amide bonds. The third-order valence-corrected chi connectivity index (χ3v) is 9.02. The average Bonchev–Trinajstić information content (AvgIpc) is 3.72. The molecule has 4 bridgehead atoms. The molecule has 0 spiro atoms. The smallest absolute Gasteiger partial charge is 0.270 e. The molecule has 40 heavy (non-hydrogen) atoms. The average molecular weight is 562 g/mol. The van der Waals surface area contributed by atoms with Gasteiger partial charge in [-0.25, -0.2) is 17.9 Å². The van der Waals surface area contributed by atoms with Crippen LogP contribution in [0.5, 0.6) is 0 Å². The molecule has 2 aromatic heterocycles. The Kier molecular flexibility index (Phi) is 6.68. The summed E-state index contributed by atoms with van der Waals surface area (Å²) in [5, 5.41) is 19.1. The molecule has 206 valence electrons. The van der Waals surface area contributed by atoms with E-state index in [0.717, 1.165) is 35.6 Å². The highest BCUT2D eigenvalue weighted by Crippen LogP contribution is 2.31. The van der Waals surface area contributed by atoms with Gasteiger partial charge in [0, 0.05) is 62.5 Å². The normalized spacial score (nSPS) is 16.8. The molecule has 4 aromatic rings. The molecule has 1 saturated carbocycles. The molecule has 0 unspecified atom stereocenters. The Balaban J connectivity index is 1.42. The number of nitro groups is 1. The fraction of sp³-hybridized carbons (Fsp3) is 0.296. The van der Waals surface area contributed by atoms with Crippen molar-refractivity contribution in [2.75, 3.05) is 31.5 Å². The highest BCUT2D eigenvalue weighted by Gasteiger charge is 2.34. The fourth-order valence-corrected chi connectivity index (χ4v) is 6.33. The lowest BCUT2D eigenvalue weighted by molar-refractivity contribution is -0.385. The maximum Gasteiger partial charge on any atom is 0.270 e. The first-order valence-electron chi connectivity index (χ1n) is 13.0. The summed E-state index contributed by atoms with van der Waals surface area (Å²) in [5.74, 6) is 0.612. The number of nitrogens with one attached hydrogen (secondary N) is 1. The van der Waals surface area contributed by atoms with Crippen molar-refractivity contribution < 1.29 is 18.1 Å². The number of benzene rings is 2. The van der Waals surface area contributed by atoms with E-state index in [1.807, 2.05) is 36.5 Å². The molecule has 1 aliphatic carbocycles. The molecule has 6 rings (SSSR count). The summed E-state index contributed by atoms with van der Waals surface area (Å²) < 4.78 is 30.7. The van der Waals surface area contributed by atoms with Gasteiger partial charge in [-0.3, -0.25) is 14.9 Å². The lowest BCUT2D eigenvalue weighted by atomic mass is 10.1. The third-order valence-electron chi connectivity index (χ3n) is 7.18. The Morgan fingerprint density at radius 2 is 1.88 bits per heavy atom. The van der Waals surface area contributed by atoms with E-state index in [1.54, 1.807) is 15.6 Å². The summed E-state index contributed by atoms with van der Waals surface area (Å²) in [7, 11) is -4.14. The Morgan fingerprint density at radius 1 is 1.05 bits per heavy atom. The van der Waals surface area contributed by atoms with E-state index in [9.17, 15) is 23.3 Å². The molecular formula is C27H27N7O5S. The van der Waals surface area contributed by atoms with E-state index in [2.05, 4.69) is 10.4 Å². The summed E-state index contributed by atoms with van der Waals surface area (Å²) in [6.45, 7) is 1.02. The predicted molar refractivity (Wildman–Crippen MR) is 147 cm³/mol. The number of nitro benzene ring substituents is 1. The van der Waals surface area contributed by atoms with E-state index in [1.165, 1.54) is 22.5 Å². The summed E-state index contributed by atoms with van der Waals surface area (Å²) >= 11 is 0. The number of hydrogen-bond donors (Lipinski definition) is 1.